The number of para-hydroxylation sites is 1. The van der Waals surface area contributed by atoms with E-state index in [1.165, 1.54) is 0 Å². The number of hydrogen-bond donors (Lipinski definition) is 1. The van der Waals surface area contributed by atoms with Crippen LogP contribution in [-0.4, -0.2) is 15.0 Å². The lowest BCUT2D eigenvalue weighted by molar-refractivity contribution is 0.938. The summed E-state index contributed by atoms with van der Waals surface area (Å²) in [4.78, 5) is 12.0. The van der Waals surface area contributed by atoms with Crippen LogP contribution >= 0.6 is 0 Å². The van der Waals surface area contributed by atoms with E-state index in [0.29, 0.717) is 5.56 Å². The molecule has 24 heavy (non-hydrogen) atoms. The number of aromatic nitrogens is 3. The van der Waals surface area contributed by atoms with Crippen molar-refractivity contribution < 1.29 is 0 Å². The summed E-state index contributed by atoms with van der Waals surface area (Å²) in [5.74, 6) is -0.0150. The van der Waals surface area contributed by atoms with E-state index < -0.39 is 0 Å². The molecule has 0 radical (unpaired) electrons. The summed E-state index contributed by atoms with van der Waals surface area (Å²) in [6.45, 7) is 0. The molecule has 4 aromatic rings. The minimum Gasteiger partial charge on any atom is -0.348 e. The number of rotatable bonds is 3. The topological polar surface area (TPSA) is 65.4 Å². The Bertz CT molecular complexity index is 1010. The van der Waals surface area contributed by atoms with Crippen LogP contribution in [-0.2, 0) is 0 Å². The molecule has 1 unspecified atom stereocenters. The third-order valence-corrected chi connectivity index (χ3v) is 4.20. The van der Waals surface area contributed by atoms with E-state index in [9.17, 15) is 5.26 Å². The molecular weight excluding hydrogens is 296 g/mol. The molecule has 4 rings (SSSR count). The lowest BCUT2D eigenvalue weighted by atomic mass is 9.87. The van der Waals surface area contributed by atoms with Crippen LogP contribution < -0.4 is 0 Å². The highest BCUT2D eigenvalue weighted by atomic mass is 14.9. The lowest BCUT2D eigenvalue weighted by Crippen LogP contribution is -2.05. The fourth-order valence-electron chi connectivity index (χ4n) is 3.13. The molecule has 0 bridgehead atoms. The first-order valence-electron chi connectivity index (χ1n) is 7.69. The Balaban J connectivity index is 2.01. The Morgan fingerprint density at radius 3 is 2.62 bits per heavy atom. The van der Waals surface area contributed by atoms with Gasteiger partial charge in [0.15, 0.2) is 0 Å². The summed E-state index contributed by atoms with van der Waals surface area (Å²) >= 11 is 0. The smallest absolute Gasteiger partial charge is 0.0999 e. The molecule has 0 spiro atoms. The van der Waals surface area contributed by atoms with Gasteiger partial charge in [-0.25, -0.2) is 4.98 Å². The van der Waals surface area contributed by atoms with Crippen molar-refractivity contribution >= 4 is 10.9 Å². The third-order valence-electron chi connectivity index (χ3n) is 4.20. The highest BCUT2D eigenvalue weighted by Crippen LogP contribution is 2.34. The molecule has 0 aliphatic rings. The lowest BCUT2D eigenvalue weighted by Gasteiger charge is -2.18. The average Bonchev–Trinajstić information content (AvgIpc) is 3.17. The predicted octanol–water partition coefficient (Wildman–Crippen LogP) is 4.01. The Kier molecular flexibility index (Phi) is 3.53. The molecule has 1 atom stereocenters. The van der Waals surface area contributed by atoms with Crippen LogP contribution in [0.5, 0.6) is 0 Å². The standard InChI is InChI=1S/C20H14N4/c21-11-15-9-10-23-20-16(15)7-4-8-17(20)19(18-12-22-13-24-18)14-5-2-1-3-6-14/h1-10,12-13,19H,(H,22,24). The summed E-state index contributed by atoms with van der Waals surface area (Å²) in [6, 6.07) is 20.2. The molecule has 0 aliphatic heterocycles. The molecule has 0 amide bonds. The minimum absolute atomic E-state index is 0.0150. The van der Waals surface area contributed by atoms with Gasteiger partial charge in [-0.1, -0.05) is 48.5 Å². The number of imidazole rings is 1. The van der Waals surface area contributed by atoms with Crippen LogP contribution in [0.1, 0.15) is 28.3 Å². The van der Waals surface area contributed by atoms with Crippen LogP contribution in [0.15, 0.2) is 73.3 Å². The van der Waals surface area contributed by atoms with Gasteiger partial charge < -0.3 is 4.98 Å². The maximum Gasteiger partial charge on any atom is 0.0999 e. The number of hydrogen-bond acceptors (Lipinski definition) is 3. The Morgan fingerprint density at radius 2 is 1.88 bits per heavy atom. The molecule has 0 fully saturated rings. The molecule has 1 N–H and O–H groups in total. The van der Waals surface area contributed by atoms with Crippen molar-refractivity contribution in [2.24, 2.45) is 0 Å². The van der Waals surface area contributed by atoms with Crippen molar-refractivity contribution in [3.05, 3.63) is 95.7 Å². The summed E-state index contributed by atoms with van der Waals surface area (Å²) in [5.41, 5.74) is 4.69. The van der Waals surface area contributed by atoms with Crippen molar-refractivity contribution in [3.8, 4) is 6.07 Å². The molecule has 2 aromatic heterocycles. The molecule has 0 aliphatic carbocycles. The quantitative estimate of drug-likeness (QED) is 0.622. The van der Waals surface area contributed by atoms with E-state index in [-0.39, 0.29) is 5.92 Å². The van der Waals surface area contributed by atoms with Crippen molar-refractivity contribution in [1.82, 2.24) is 15.0 Å². The number of H-pyrrole nitrogens is 1. The second kappa shape index (κ2) is 5.98. The van der Waals surface area contributed by atoms with E-state index in [1.54, 1.807) is 18.6 Å². The molecule has 2 aromatic carbocycles. The average molecular weight is 310 g/mol. The van der Waals surface area contributed by atoms with E-state index >= 15 is 0 Å². The van der Waals surface area contributed by atoms with Gasteiger partial charge in [0.25, 0.3) is 0 Å². The molecule has 2 heterocycles. The number of aromatic amines is 1. The largest absolute Gasteiger partial charge is 0.348 e. The zero-order valence-electron chi connectivity index (χ0n) is 12.8. The van der Waals surface area contributed by atoms with E-state index in [4.69, 9.17) is 0 Å². The fraction of sp³-hybridized carbons (Fsp3) is 0.0500. The van der Waals surface area contributed by atoms with Gasteiger partial charge in [0.05, 0.1) is 29.4 Å². The van der Waals surface area contributed by atoms with Crippen LogP contribution in [0, 0.1) is 11.3 Å². The van der Waals surface area contributed by atoms with Gasteiger partial charge in [0.1, 0.15) is 0 Å². The number of benzene rings is 2. The predicted molar refractivity (Wildman–Crippen MR) is 92.4 cm³/mol. The minimum atomic E-state index is -0.0150. The summed E-state index contributed by atoms with van der Waals surface area (Å²) in [7, 11) is 0. The van der Waals surface area contributed by atoms with E-state index in [2.05, 4.69) is 39.2 Å². The van der Waals surface area contributed by atoms with Gasteiger partial charge in [-0.05, 0) is 17.2 Å². The molecule has 0 saturated carbocycles. The SMILES string of the molecule is N#Cc1ccnc2c(C(c3ccccc3)c3cnc[nH]3)cccc12. The molecule has 4 heteroatoms. The highest BCUT2D eigenvalue weighted by molar-refractivity contribution is 5.88. The van der Waals surface area contributed by atoms with Crippen molar-refractivity contribution in [3.63, 3.8) is 0 Å². The summed E-state index contributed by atoms with van der Waals surface area (Å²) < 4.78 is 0. The number of pyridine rings is 1. The van der Waals surface area contributed by atoms with Crippen molar-refractivity contribution in [2.75, 3.05) is 0 Å². The second-order valence-electron chi connectivity index (χ2n) is 5.56. The Morgan fingerprint density at radius 1 is 1.00 bits per heavy atom. The maximum absolute atomic E-state index is 9.37. The van der Waals surface area contributed by atoms with E-state index in [0.717, 1.165) is 27.7 Å². The summed E-state index contributed by atoms with van der Waals surface area (Å²) in [5, 5.41) is 10.2. The molecule has 0 saturated heterocycles. The monoisotopic (exact) mass is 310 g/mol. The maximum atomic E-state index is 9.37. The van der Waals surface area contributed by atoms with Crippen LogP contribution in [0.2, 0.25) is 0 Å². The van der Waals surface area contributed by atoms with Gasteiger partial charge >= 0.3 is 0 Å². The first-order valence-corrected chi connectivity index (χ1v) is 7.69. The van der Waals surface area contributed by atoms with Crippen LogP contribution in [0.3, 0.4) is 0 Å². The highest BCUT2D eigenvalue weighted by Gasteiger charge is 2.21. The van der Waals surface area contributed by atoms with Crippen molar-refractivity contribution in [1.29, 1.82) is 5.26 Å². The molecule has 4 nitrogen and oxygen atoms in total. The third kappa shape index (κ3) is 2.33. The van der Waals surface area contributed by atoms with Gasteiger partial charge in [0, 0.05) is 23.5 Å². The second-order valence-corrected chi connectivity index (χ2v) is 5.56. The van der Waals surface area contributed by atoms with Crippen LogP contribution in [0.4, 0.5) is 0 Å². The normalized spacial score (nSPS) is 12.0. The number of nitriles is 1. The number of nitrogens with zero attached hydrogens (tertiary/aromatic N) is 3. The van der Waals surface area contributed by atoms with Gasteiger partial charge in [0.2, 0.25) is 0 Å². The summed E-state index contributed by atoms with van der Waals surface area (Å²) in [6.07, 6.45) is 5.22. The molecule has 114 valence electrons. The molecular formula is C20H14N4. The van der Waals surface area contributed by atoms with Crippen LogP contribution in [0.25, 0.3) is 10.9 Å². The number of nitrogens with one attached hydrogen (secondary N) is 1. The Labute approximate surface area is 139 Å². The van der Waals surface area contributed by atoms with Gasteiger partial charge in [-0.15, -0.1) is 0 Å². The first kappa shape index (κ1) is 14.2. The van der Waals surface area contributed by atoms with Gasteiger partial charge in [-0.2, -0.15) is 5.26 Å². The van der Waals surface area contributed by atoms with E-state index in [1.807, 2.05) is 36.5 Å². The zero-order valence-corrected chi connectivity index (χ0v) is 12.8. The number of fused-ring (bicyclic) bond motifs is 1. The van der Waals surface area contributed by atoms with Crippen molar-refractivity contribution in [2.45, 2.75) is 5.92 Å². The first-order chi connectivity index (χ1) is 11.9. The fourth-order valence-corrected chi connectivity index (χ4v) is 3.13. The Hall–Kier alpha value is -3.45. The zero-order chi connectivity index (χ0) is 16.4. The van der Waals surface area contributed by atoms with Gasteiger partial charge in [-0.3, -0.25) is 4.98 Å².